The average molecular weight is 589 g/mol. The van der Waals surface area contributed by atoms with Crippen molar-refractivity contribution in [3.63, 3.8) is 0 Å². The second kappa shape index (κ2) is 9.50. The number of rotatable bonds is 6. The zero-order chi connectivity index (χ0) is 30.1. The molecule has 3 rings (SSSR count). The third-order valence-corrected chi connectivity index (χ3v) is 9.02. The molecule has 2 saturated carbocycles. The van der Waals surface area contributed by atoms with Crippen molar-refractivity contribution in [2.45, 2.75) is 91.8 Å². The van der Waals surface area contributed by atoms with Crippen LogP contribution in [0.3, 0.4) is 0 Å². The molecule has 11 heteroatoms. The summed E-state index contributed by atoms with van der Waals surface area (Å²) in [6, 6.07) is 4.77. The van der Waals surface area contributed by atoms with E-state index < -0.39 is 69.0 Å². The number of halogens is 2. The second-order valence-corrected chi connectivity index (χ2v) is 14.4. The van der Waals surface area contributed by atoms with Gasteiger partial charge >= 0.3 is 18.0 Å². The average Bonchev–Trinajstić information content (AvgIpc) is 3.40. The van der Waals surface area contributed by atoms with E-state index in [-0.39, 0.29) is 11.6 Å². The molecule has 0 aromatic heterocycles. The van der Waals surface area contributed by atoms with Gasteiger partial charge < -0.3 is 30.1 Å². The number of carbonyl (C=O) groups is 3. The predicted molar refractivity (Wildman–Crippen MR) is 146 cm³/mol. The largest absolute Gasteiger partial charge is 0.481 e. The smallest absolute Gasteiger partial charge is 0.408 e. The van der Waals surface area contributed by atoms with Crippen molar-refractivity contribution in [1.82, 2.24) is 5.32 Å². The molecule has 9 nitrogen and oxygen atoms in total. The van der Waals surface area contributed by atoms with Crippen molar-refractivity contribution in [3.8, 4) is 0 Å². The highest BCUT2D eigenvalue weighted by Crippen LogP contribution is 2.83. The molecular formula is C28H39Cl2NO8. The maximum atomic E-state index is 13.7. The maximum Gasteiger partial charge on any atom is 0.408 e. The van der Waals surface area contributed by atoms with Crippen LogP contribution in [0.15, 0.2) is 18.2 Å². The molecule has 218 valence electrons. The predicted octanol–water partition coefficient (Wildman–Crippen LogP) is 5.38. The number of aliphatic hydroxyl groups is 1. The molecule has 0 spiro atoms. The third kappa shape index (κ3) is 4.40. The standard InChI is InChI=1S/C28H39Cl2NO8/c1-23(2,3)26-17(18(26)20(33)34)19(32)28(24(4,5)6,38-13-14-10-11-15(29)16(30)12-14)27(26,21(35)36)31-22(37)39-25(7,8)9/h10-12,17-19,32H,13H2,1-9H3,(H,31,37)(H,33,34)(H,35,36)/t17-,18-,19-,26-,27+,28-/m0/s1. The Bertz CT molecular complexity index is 1180. The van der Waals surface area contributed by atoms with Crippen molar-refractivity contribution >= 4 is 41.2 Å². The SMILES string of the molecule is CC(C)(C)OC(=O)N[C@]1(C(=O)O)[C@@]2(C(C)(C)C)[C@@H]([C@H]2C(=O)O)[C@H](O)[C@]1(OCc1ccc(Cl)c(Cl)c1)C(C)(C)C. The van der Waals surface area contributed by atoms with Crippen molar-refractivity contribution in [2.24, 2.45) is 28.1 Å². The van der Waals surface area contributed by atoms with Gasteiger partial charge in [0.2, 0.25) is 0 Å². The van der Waals surface area contributed by atoms with E-state index in [4.69, 9.17) is 32.7 Å². The lowest BCUT2D eigenvalue weighted by atomic mass is 9.54. The first kappa shape index (κ1) is 31.5. The van der Waals surface area contributed by atoms with Crippen LogP contribution < -0.4 is 5.32 Å². The fourth-order valence-corrected chi connectivity index (χ4v) is 7.59. The molecule has 2 aliphatic rings. The Balaban J connectivity index is 2.36. The van der Waals surface area contributed by atoms with Gasteiger partial charge in [0.1, 0.15) is 11.2 Å². The van der Waals surface area contributed by atoms with E-state index >= 15 is 0 Å². The molecule has 2 aliphatic carbocycles. The number of carboxylic acids is 2. The Morgan fingerprint density at radius 2 is 1.51 bits per heavy atom. The monoisotopic (exact) mass is 587 g/mol. The van der Waals surface area contributed by atoms with Crippen LogP contribution in [-0.4, -0.2) is 56.2 Å². The molecule has 1 aromatic rings. The van der Waals surface area contributed by atoms with Gasteiger partial charge in [-0.1, -0.05) is 70.8 Å². The Hall–Kier alpha value is -2.07. The number of aliphatic hydroxyl groups excluding tert-OH is 1. The zero-order valence-corrected chi connectivity index (χ0v) is 25.3. The van der Waals surface area contributed by atoms with Gasteiger partial charge in [-0.05, 0) is 49.3 Å². The van der Waals surface area contributed by atoms with Crippen molar-refractivity contribution in [1.29, 1.82) is 0 Å². The Morgan fingerprint density at radius 1 is 0.949 bits per heavy atom. The normalized spacial score (nSPS) is 32.4. The first-order valence-corrected chi connectivity index (χ1v) is 13.5. The molecule has 0 radical (unpaired) electrons. The highest BCUT2D eigenvalue weighted by Gasteiger charge is 2.97. The van der Waals surface area contributed by atoms with Gasteiger partial charge in [0, 0.05) is 11.3 Å². The summed E-state index contributed by atoms with van der Waals surface area (Å²) in [7, 11) is 0. The van der Waals surface area contributed by atoms with E-state index in [0.29, 0.717) is 10.6 Å². The number of aliphatic carboxylic acids is 2. The molecule has 0 bridgehead atoms. The first-order valence-electron chi connectivity index (χ1n) is 12.8. The van der Waals surface area contributed by atoms with Crippen molar-refractivity contribution in [3.05, 3.63) is 33.8 Å². The number of carbonyl (C=O) groups excluding carboxylic acids is 1. The van der Waals surface area contributed by atoms with Gasteiger partial charge in [-0.15, -0.1) is 0 Å². The first-order chi connectivity index (χ1) is 17.5. The molecule has 39 heavy (non-hydrogen) atoms. The minimum Gasteiger partial charge on any atom is -0.481 e. The minimum absolute atomic E-state index is 0.207. The van der Waals surface area contributed by atoms with Gasteiger partial charge in [-0.3, -0.25) is 4.79 Å². The van der Waals surface area contributed by atoms with Crippen LogP contribution in [-0.2, 0) is 25.7 Å². The summed E-state index contributed by atoms with van der Waals surface area (Å²) in [5.41, 5.74) is -8.73. The topological polar surface area (TPSA) is 142 Å². The van der Waals surface area contributed by atoms with Gasteiger partial charge in [0.05, 0.1) is 28.7 Å². The number of hydrogen-bond acceptors (Lipinski definition) is 6. The minimum atomic E-state index is -2.43. The molecule has 4 N–H and O–H groups in total. The van der Waals surface area contributed by atoms with Crippen LogP contribution in [0.2, 0.25) is 10.0 Å². The summed E-state index contributed by atoms with van der Waals surface area (Å²) in [4.78, 5) is 39.7. The van der Waals surface area contributed by atoms with Gasteiger partial charge in [0.25, 0.3) is 0 Å². The summed E-state index contributed by atoms with van der Waals surface area (Å²) in [5.74, 6) is -5.12. The number of carboxylic acid groups (broad SMARTS) is 2. The quantitative estimate of drug-likeness (QED) is 0.347. The third-order valence-electron chi connectivity index (χ3n) is 8.28. The Kier molecular flexibility index (Phi) is 7.66. The number of fused-ring (bicyclic) bond motifs is 1. The van der Waals surface area contributed by atoms with Crippen LogP contribution in [0.4, 0.5) is 4.79 Å². The number of benzene rings is 1. The number of alkyl carbamates (subject to hydrolysis) is 1. The fourth-order valence-electron chi connectivity index (χ4n) is 7.27. The molecule has 0 heterocycles. The summed E-state index contributed by atoms with van der Waals surface area (Å²) < 4.78 is 12.0. The molecule has 1 amide bonds. The molecule has 0 aliphatic heterocycles. The molecule has 0 unspecified atom stereocenters. The van der Waals surface area contributed by atoms with Gasteiger partial charge in [-0.25, -0.2) is 9.59 Å². The number of amides is 1. The Labute approximate surface area is 239 Å². The van der Waals surface area contributed by atoms with Crippen molar-refractivity contribution in [2.75, 3.05) is 0 Å². The van der Waals surface area contributed by atoms with Crippen LogP contribution in [0.5, 0.6) is 0 Å². The molecule has 2 fully saturated rings. The number of nitrogens with one attached hydrogen (secondary N) is 1. The molecular weight excluding hydrogens is 549 g/mol. The van der Waals surface area contributed by atoms with Crippen LogP contribution in [0.1, 0.15) is 67.9 Å². The van der Waals surface area contributed by atoms with E-state index in [1.807, 2.05) is 0 Å². The van der Waals surface area contributed by atoms with Crippen LogP contribution >= 0.6 is 23.2 Å². The van der Waals surface area contributed by atoms with E-state index in [9.17, 15) is 29.7 Å². The van der Waals surface area contributed by atoms with Gasteiger partial charge in [0.15, 0.2) is 5.54 Å². The summed E-state index contributed by atoms with van der Waals surface area (Å²) in [6.45, 7) is 14.9. The Morgan fingerprint density at radius 3 is 1.92 bits per heavy atom. The lowest BCUT2D eigenvalue weighted by Crippen LogP contribution is -2.80. The van der Waals surface area contributed by atoms with Crippen LogP contribution in [0, 0.1) is 28.1 Å². The summed E-state index contributed by atoms with van der Waals surface area (Å²) >= 11 is 12.3. The maximum absolute atomic E-state index is 13.7. The second-order valence-electron chi connectivity index (χ2n) is 13.6. The number of hydrogen-bond donors (Lipinski definition) is 4. The molecule has 1 aromatic carbocycles. The van der Waals surface area contributed by atoms with E-state index in [2.05, 4.69) is 5.32 Å². The lowest BCUT2D eigenvalue weighted by Gasteiger charge is -2.58. The van der Waals surface area contributed by atoms with Gasteiger partial charge in [-0.2, -0.15) is 0 Å². The highest BCUT2D eigenvalue weighted by atomic mass is 35.5. The van der Waals surface area contributed by atoms with Crippen LogP contribution in [0.25, 0.3) is 0 Å². The van der Waals surface area contributed by atoms with E-state index in [0.717, 1.165) is 0 Å². The molecule has 6 atom stereocenters. The van der Waals surface area contributed by atoms with Crippen molar-refractivity contribution < 1.29 is 39.2 Å². The summed E-state index contributed by atoms with van der Waals surface area (Å²) in [6.07, 6.45) is -2.66. The number of ether oxygens (including phenoxy) is 2. The lowest BCUT2D eigenvalue weighted by molar-refractivity contribution is -0.238. The fraction of sp³-hybridized carbons (Fsp3) is 0.679. The highest BCUT2D eigenvalue weighted by molar-refractivity contribution is 6.42. The summed E-state index contributed by atoms with van der Waals surface area (Å²) in [5, 5.41) is 36.6. The van der Waals surface area contributed by atoms with E-state index in [1.165, 1.54) is 0 Å². The molecule has 0 saturated heterocycles. The van der Waals surface area contributed by atoms with E-state index in [1.54, 1.807) is 80.5 Å². The zero-order valence-electron chi connectivity index (χ0n) is 23.8.